The van der Waals surface area contributed by atoms with Crippen LogP contribution in [0, 0.1) is 0 Å². The van der Waals surface area contributed by atoms with Gasteiger partial charge in [0.25, 0.3) is 6.47 Å². The second-order valence-electron chi connectivity index (χ2n) is 5.16. The Kier molecular flexibility index (Phi) is 3.91. The predicted molar refractivity (Wildman–Crippen MR) is 95.4 cm³/mol. The molecule has 0 aliphatic carbocycles. The Bertz CT molecular complexity index is 1050. The number of rotatable bonds is 5. The van der Waals surface area contributed by atoms with Gasteiger partial charge in [-0.25, -0.2) is 4.68 Å². The van der Waals surface area contributed by atoms with E-state index in [1.54, 1.807) is 17.2 Å². The first-order chi connectivity index (χ1) is 12.3. The molecule has 0 amide bonds. The fraction of sp³-hybridized carbons (Fsp3) is 0.0556. The summed E-state index contributed by atoms with van der Waals surface area (Å²) in [5, 5.41) is 8.03. The highest BCUT2D eigenvalue weighted by atomic mass is 32.1. The number of aromatic nitrogens is 3. The average molecular weight is 351 g/mol. The van der Waals surface area contributed by atoms with Gasteiger partial charge in [0, 0.05) is 10.9 Å². The second-order valence-corrected chi connectivity index (χ2v) is 6.00. The van der Waals surface area contributed by atoms with Gasteiger partial charge in [0.2, 0.25) is 11.0 Å². The highest BCUT2D eigenvalue weighted by molar-refractivity contribution is 7.12. The van der Waals surface area contributed by atoms with Crippen LogP contribution in [0.25, 0.3) is 27.3 Å². The third-order valence-electron chi connectivity index (χ3n) is 3.77. The minimum atomic E-state index is 0.258. The summed E-state index contributed by atoms with van der Waals surface area (Å²) in [6, 6.07) is 15.7. The van der Waals surface area contributed by atoms with Crippen molar-refractivity contribution in [2.45, 2.75) is 0 Å². The lowest BCUT2D eigenvalue weighted by atomic mass is 10.1. The summed E-state index contributed by atoms with van der Waals surface area (Å²) in [4.78, 5) is 14.8. The Morgan fingerprint density at radius 1 is 1.12 bits per heavy atom. The van der Waals surface area contributed by atoms with E-state index in [1.807, 2.05) is 48.5 Å². The van der Waals surface area contributed by atoms with E-state index in [2.05, 4.69) is 4.98 Å². The lowest BCUT2D eigenvalue weighted by Crippen LogP contribution is -1.97. The average Bonchev–Trinajstić information content (AvgIpc) is 3.26. The number of carbonyl (C=O) groups is 1. The van der Waals surface area contributed by atoms with Crippen LogP contribution in [-0.4, -0.2) is 28.3 Å². The summed E-state index contributed by atoms with van der Waals surface area (Å²) < 4.78 is 12.0. The molecule has 4 aromatic rings. The second kappa shape index (κ2) is 6.37. The lowest BCUT2D eigenvalue weighted by Gasteiger charge is -2.05. The number of fused-ring (bicyclic) bond motifs is 1. The molecule has 0 saturated carbocycles. The Labute approximate surface area is 147 Å². The molecule has 4 rings (SSSR count). The van der Waals surface area contributed by atoms with Gasteiger partial charge in [-0.15, -0.1) is 0 Å². The fourth-order valence-corrected chi connectivity index (χ4v) is 3.40. The van der Waals surface area contributed by atoms with Crippen LogP contribution in [0.2, 0.25) is 0 Å². The number of benzene rings is 2. The van der Waals surface area contributed by atoms with Gasteiger partial charge in [-0.1, -0.05) is 41.7 Å². The third-order valence-corrected chi connectivity index (χ3v) is 4.57. The number of thiazole rings is 1. The smallest absolute Gasteiger partial charge is 0.299 e. The van der Waals surface area contributed by atoms with E-state index < -0.39 is 0 Å². The Balaban J connectivity index is 1.93. The van der Waals surface area contributed by atoms with Gasteiger partial charge in [0.05, 0.1) is 18.0 Å². The molecule has 0 spiro atoms. The zero-order valence-corrected chi connectivity index (χ0v) is 14.1. The molecule has 0 saturated heterocycles. The van der Waals surface area contributed by atoms with Crippen LogP contribution in [-0.2, 0) is 4.79 Å². The van der Waals surface area contributed by atoms with Crippen molar-refractivity contribution >= 4 is 28.7 Å². The molecular weight excluding hydrogens is 338 g/mol. The van der Waals surface area contributed by atoms with Gasteiger partial charge in [-0.3, -0.25) is 4.79 Å². The largest absolute Gasteiger partial charge is 0.496 e. The highest BCUT2D eigenvalue weighted by Gasteiger charge is 2.17. The summed E-state index contributed by atoms with van der Waals surface area (Å²) in [5.74, 6) is 1.01. The highest BCUT2D eigenvalue weighted by Crippen LogP contribution is 2.35. The molecule has 0 radical (unpaired) electrons. The lowest BCUT2D eigenvalue weighted by molar-refractivity contribution is -0.120. The molecule has 124 valence electrons. The van der Waals surface area contributed by atoms with E-state index in [9.17, 15) is 4.79 Å². The number of hydrogen-bond donors (Lipinski definition) is 0. The molecule has 6 nitrogen and oxygen atoms in total. The van der Waals surface area contributed by atoms with Crippen molar-refractivity contribution in [3.8, 4) is 28.0 Å². The van der Waals surface area contributed by atoms with E-state index >= 15 is 0 Å². The molecule has 0 bridgehead atoms. The van der Waals surface area contributed by atoms with Crippen molar-refractivity contribution in [2.75, 3.05) is 7.11 Å². The van der Waals surface area contributed by atoms with Crippen molar-refractivity contribution in [1.82, 2.24) is 14.8 Å². The summed E-state index contributed by atoms with van der Waals surface area (Å²) in [5.41, 5.74) is 2.62. The van der Waals surface area contributed by atoms with Gasteiger partial charge in [0.1, 0.15) is 11.4 Å². The number of para-hydroxylation sites is 2. The molecule has 0 unspecified atom stereocenters. The quantitative estimate of drug-likeness (QED) is 0.513. The Morgan fingerprint density at radius 3 is 2.76 bits per heavy atom. The molecular formula is C18H13N3O3S. The number of nitrogens with zero attached hydrogens (tertiary/aromatic N) is 3. The zero-order valence-electron chi connectivity index (χ0n) is 13.2. The predicted octanol–water partition coefficient (Wildman–Crippen LogP) is 3.69. The molecule has 2 heterocycles. The maximum absolute atomic E-state index is 10.5. The first kappa shape index (κ1) is 15.3. The topological polar surface area (TPSA) is 66.2 Å². The fourth-order valence-electron chi connectivity index (χ4n) is 2.70. The first-order valence-corrected chi connectivity index (χ1v) is 8.37. The molecule has 0 fully saturated rings. The third kappa shape index (κ3) is 2.64. The Morgan fingerprint density at radius 2 is 1.92 bits per heavy atom. The SMILES string of the molecule is COc1ccccc1-c1nn(-c2nc(OC=O)cs2)c2ccccc12. The van der Waals surface area contributed by atoms with E-state index in [0.29, 0.717) is 11.6 Å². The molecule has 2 aromatic carbocycles. The van der Waals surface area contributed by atoms with Crippen LogP contribution >= 0.6 is 11.3 Å². The van der Waals surface area contributed by atoms with Gasteiger partial charge in [-0.2, -0.15) is 10.1 Å². The van der Waals surface area contributed by atoms with Gasteiger partial charge in [-0.05, 0) is 18.2 Å². The summed E-state index contributed by atoms with van der Waals surface area (Å²) in [7, 11) is 1.64. The van der Waals surface area contributed by atoms with Crippen molar-refractivity contribution in [3.63, 3.8) is 0 Å². The van der Waals surface area contributed by atoms with E-state index in [0.717, 1.165) is 27.9 Å². The van der Waals surface area contributed by atoms with Crippen molar-refractivity contribution in [1.29, 1.82) is 0 Å². The van der Waals surface area contributed by atoms with Crippen molar-refractivity contribution in [3.05, 3.63) is 53.9 Å². The molecule has 25 heavy (non-hydrogen) atoms. The zero-order chi connectivity index (χ0) is 17.2. The van der Waals surface area contributed by atoms with Crippen molar-refractivity contribution < 1.29 is 14.3 Å². The van der Waals surface area contributed by atoms with Crippen LogP contribution in [0.1, 0.15) is 0 Å². The summed E-state index contributed by atoms with van der Waals surface area (Å²) in [6.45, 7) is 0.361. The van der Waals surface area contributed by atoms with Crippen molar-refractivity contribution in [2.24, 2.45) is 0 Å². The number of ether oxygens (including phenoxy) is 2. The van der Waals surface area contributed by atoms with E-state index in [1.165, 1.54) is 11.3 Å². The minimum absolute atomic E-state index is 0.258. The van der Waals surface area contributed by atoms with Gasteiger partial charge in [0.15, 0.2) is 0 Å². The maximum Gasteiger partial charge on any atom is 0.299 e. The van der Waals surface area contributed by atoms with Gasteiger partial charge >= 0.3 is 0 Å². The van der Waals surface area contributed by atoms with E-state index in [4.69, 9.17) is 14.6 Å². The van der Waals surface area contributed by atoms with Crippen LogP contribution in [0.4, 0.5) is 0 Å². The van der Waals surface area contributed by atoms with Crippen LogP contribution in [0.15, 0.2) is 53.9 Å². The number of methoxy groups -OCH3 is 1. The monoisotopic (exact) mass is 351 g/mol. The van der Waals surface area contributed by atoms with Crippen LogP contribution in [0.5, 0.6) is 11.6 Å². The summed E-state index contributed by atoms with van der Waals surface area (Å²) >= 11 is 1.35. The number of hydrogen-bond acceptors (Lipinski definition) is 6. The Hall–Kier alpha value is -3.19. The normalized spacial score (nSPS) is 10.8. The minimum Gasteiger partial charge on any atom is -0.496 e. The first-order valence-electron chi connectivity index (χ1n) is 7.49. The maximum atomic E-state index is 10.5. The molecule has 2 aromatic heterocycles. The molecule has 0 aliphatic heterocycles. The van der Waals surface area contributed by atoms with Crippen LogP contribution in [0.3, 0.4) is 0 Å². The van der Waals surface area contributed by atoms with Crippen LogP contribution < -0.4 is 9.47 Å². The standard InChI is InChI=1S/C18H13N3O3S/c1-23-15-9-5-3-7-13(15)17-12-6-2-4-8-14(12)21(20-17)18-19-16(10-25-18)24-11-22/h2-11H,1H3. The molecule has 0 atom stereocenters. The van der Waals surface area contributed by atoms with Gasteiger partial charge < -0.3 is 9.47 Å². The molecule has 0 N–H and O–H groups in total. The summed E-state index contributed by atoms with van der Waals surface area (Å²) in [6.07, 6.45) is 0. The molecule has 7 heteroatoms. The number of carbonyl (C=O) groups excluding carboxylic acids is 1. The molecule has 0 aliphatic rings. The van der Waals surface area contributed by atoms with E-state index in [-0.39, 0.29) is 5.88 Å².